The summed E-state index contributed by atoms with van der Waals surface area (Å²) in [7, 11) is 1.67. The first kappa shape index (κ1) is 39.6. The fourth-order valence-corrected chi connectivity index (χ4v) is 9.14. The van der Waals surface area contributed by atoms with Crippen molar-refractivity contribution in [1.29, 1.82) is 0 Å². The number of aliphatic carboxylic acids is 1. The summed E-state index contributed by atoms with van der Waals surface area (Å²) >= 11 is 0. The molecule has 4 rings (SSSR count). The number of ether oxygens (including phenoxy) is 1. The number of alkyl halides is 9. The van der Waals surface area contributed by atoms with Crippen molar-refractivity contribution in [2.75, 3.05) is 7.11 Å². The van der Waals surface area contributed by atoms with E-state index < -0.39 is 48.7 Å². The largest absolute Gasteiger partial charge is 0.497 e. The van der Waals surface area contributed by atoms with Gasteiger partial charge < -0.3 is 14.9 Å². The summed E-state index contributed by atoms with van der Waals surface area (Å²) in [5.74, 6) is -19.8. The molecule has 2 saturated carbocycles. The Bertz CT molecular complexity index is 1270. The van der Waals surface area contributed by atoms with Crippen molar-refractivity contribution < 1.29 is 59.3 Å². The molecule has 7 atom stereocenters. The highest BCUT2D eigenvalue weighted by Gasteiger charge is 2.81. The van der Waals surface area contributed by atoms with Gasteiger partial charge in [0.15, 0.2) is 0 Å². The fraction of sp³-hybridized carbons (Fsp3) is 0.806. The minimum absolute atomic E-state index is 0.0449. The van der Waals surface area contributed by atoms with Gasteiger partial charge in [0.25, 0.3) is 0 Å². The molecule has 0 bridgehead atoms. The number of benzene rings is 1. The number of hydrogen-bond acceptors (Lipinski definition) is 3. The maximum Gasteiger partial charge on any atom is 0.460 e. The highest BCUT2D eigenvalue weighted by atomic mass is 19.4. The van der Waals surface area contributed by atoms with Gasteiger partial charge in [0.1, 0.15) is 5.75 Å². The van der Waals surface area contributed by atoms with E-state index in [1.54, 1.807) is 7.11 Å². The molecule has 49 heavy (non-hydrogen) atoms. The van der Waals surface area contributed by atoms with Gasteiger partial charge >= 0.3 is 29.9 Å². The lowest BCUT2D eigenvalue weighted by Crippen LogP contribution is -2.60. The van der Waals surface area contributed by atoms with E-state index in [0.29, 0.717) is 30.1 Å². The molecule has 0 heterocycles. The normalized spacial score (nSPS) is 28.0. The number of rotatable bonds is 17. The Labute approximate surface area is 282 Å². The number of fused-ring (bicyclic) bond motifs is 5. The predicted octanol–water partition coefficient (Wildman–Crippen LogP) is 10.6. The first-order valence-electron chi connectivity index (χ1n) is 17.6. The molecule has 3 aliphatic carbocycles. The first-order chi connectivity index (χ1) is 22.8. The second kappa shape index (κ2) is 15.2. The summed E-state index contributed by atoms with van der Waals surface area (Å²) in [5.41, 5.74) is 2.73. The van der Waals surface area contributed by atoms with E-state index in [0.717, 1.165) is 76.4 Å². The van der Waals surface area contributed by atoms with Gasteiger partial charge in [-0.2, -0.15) is 39.5 Å². The quantitative estimate of drug-likeness (QED) is 0.124. The Balaban J connectivity index is 1.21. The number of aliphatic hydroxyl groups is 1. The van der Waals surface area contributed by atoms with Crippen molar-refractivity contribution in [2.45, 2.75) is 146 Å². The third-order valence-corrected chi connectivity index (χ3v) is 12.1. The maximum absolute atomic E-state index is 13.9. The van der Waals surface area contributed by atoms with Crippen LogP contribution < -0.4 is 4.74 Å². The van der Waals surface area contributed by atoms with Crippen molar-refractivity contribution in [3.8, 4) is 5.75 Å². The Hall–Kier alpha value is -2.18. The summed E-state index contributed by atoms with van der Waals surface area (Å²) in [6, 6.07) is 6.43. The van der Waals surface area contributed by atoms with Crippen molar-refractivity contribution in [3.63, 3.8) is 0 Å². The Morgan fingerprint density at radius 1 is 0.898 bits per heavy atom. The summed E-state index contributed by atoms with van der Waals surface area (Å²) in [6.07, 6.45) is 0.738. The zero-order valence-electron chi connectivity index (χ0n) is 28.1. The number of halogens is 9. The highest BCUT2D eigenvalue weighted by Crippen LogP contribution is 2.63. The van der Waals surface area contributed by atoms with Crippen LogP contribution in [0.25, 0.3) is 0 Å². The molecule has 0 amide bonds. The van der Waals surface area contributed by atoms with Crippen LogP contribution in [0, 0.1) is 29.1 Å². The zero-order valence-corrected chi connectivity index (χ0v) is 28.1. The molecule has 0 radical (unpaired) electrons. The van der Waals surface area contributed by atoms with Gasteiger partial charge in [0.2, 0.25) is 0 Å². The van der Waals surface area contributed by atoms with Crippen LogP contribution in [-0.4, -0.2) is 53.3 Å². The van der Waals surface area contributed by atoms with Crippen LogP contribution in [0.4, 0.5) is 39.5 Å². The van der Waals surface area contributed by atoms with E-state index in [2.05, 4.69) is 19.1 Å². The van der Waals surface area contributed by atoms with Gasteiger partial charge in [-0.25, -0.2) is 0 Å². The molecule has 2 fully saturated rings. The maximum atomic E-state index is 13.9. The molecule has 1 aromatic carbocycles. The molecule has 0 unspecified atom stereocenters. The van der Waals surface area contributed by atoms with Crippen LogP contribution >= 0.6 is 0 Å². The molecule has 280 valence electrons. The van der Waals surface area contributed by atoms with E-state index in [9.17, 15) is 54.5 Å². The zero-order chi connectivity index (χ0) is 36.4. The van der Waals surface area contributed by atoms with Gasteiger partial charge in [-0.15, -0.1) is 0 Å². The van der Waals surface area contributed by atoms with Crippen molar-refractivity contribution >= 4 is 5.97 Å². The number of carboxylic acids is 1. The molecule has 4 nitrogen and oxygen atoms in total. The van der Waals surface area contributed by atoms with Crippen molar-refractivity contribution in [2.24, 2.45) is 29.1 Å². The van der Waals surface area contributed by atoms with E-state index in [-0.39, 0.29) is 24.4 Å². The van der Waals surface area contributed by atoms with Crippen molar-refractivity contribution in [1.82, 2.24) is 0 Å². The molecule has 0 aliphatic heterocycles. The average Bonchev–Trinajstić information content (AvgIpc) is 3.33. The van der Waals surface area contributed by atoms with Crippen LogP contribution in [-0.2, 0) is 11.2 Å². The minimum Gasteiger partial charge on any atom is -0.497 e. The highest BCUT2D eigenvalue weighted by molar-refractivity contribution is 5.69. The molecule has 13 heteroatoms. The number of carbonyl (C=O) groups is 1. The predicted molar refractivity (Wildman–Crippen MR) is 165 cm³/mol. The Kier molecular flexibility index (Phi) is 12.3. The number of aliphatic hydroxyl groups excluding tert-OH is 1. The van der Waals surface area contributed by atoms with Crippen molar-refractivity contribution in [3.05, 3.63) is 29.3 Å². The monoisotopic (exact) mass is 716 g/mol. The molecule has 1 aromatic rings. The molecule has 3 aliphatic rings. The standard InChI is InChI=1S/C36H49F9O4/c1-32-18-17-27-26-13-12-25(49-2)21-24(26)20-23(30(27)28(32)14-15-29(32)46)11-9-7-5-3-4-6-8-10-22(31(47)48)16-19-33(37,38)34(39,40)35(41,42)36(43,44)45/h12-13,21-23,27-30,46H,3-11,14-20H2,1-2H3,(H,47,48)/t22-,23-,27-,28+,29+,30-,32+/m1/s1. The summed E-state index contributed by atoms with van der Waals surface area (Å²) in [5, 5.41) is 20.2. The molecular weight excluding hydrogens is 667 g/mol. The van der Waals surface area contributed by atoms with E-state index in [1.165, 1.54) is 11.1 Å². The van der Waals surface area contributed by atoms with Crippen LogP contribution in [0.1, 0.15) is 120 Å². The number of hydrogen-bond donors (Lipinski definition) is 2. The number of unbranched alkanes of at least 4 members (excludes halogenated alkanes) is 6. The summed E-state index contributed by atoms with van der Waals surface area (Å²) < 4.78 is 124. The summed E-state index contributed by atoms with van der Waals surface area (Å²) in [6.45, 7) is 2.26. The second-order valence-electron chi connectivity index (χ2n) is 14.9. The minimum atomic E-state index is -6.97. The van der Waals surface area contributed by atoms with Gasteiger partial charge in [-0.1, -0.05) is 57.9 Å². The van der Waals surface area contributed by atoms with Gasteiger partial charge in [-0.3, -0.25) is 4.79 Å². The third-order valence-electron chi connectivity index (χ3n) is 12.1. The Morgan fingerprint density at radius 3 is 2.14 bits per heavy atom. The molecule has 0 saturated heterocycles. The Morgan fingerprint density at radius 2 is 1.53 bits per heavy atom. The number of carboxylic acid groups (broad SMARTS) is 1. The molecular formula is C36H49F9O4. The lowest BCUT2D eigenvalue weighted by Gasteiger charge is -2.53. The van der Waals surface area contributed by atoms with Crippen LogP contribution in [0.5, 0.6) is 5.75 Å². The van der Waals surface area contributed by atoms with Crippen LogP contribution in [0.2, 0.25) is 0 Å². The van der Waals surface area contributed by atoms with E-state index in [1.807, 2.05) is 6.07 Å². The topological polar surface area (TPSA) is 66.8 Å². The molecule has 2 N–H and O–H groups in total. The smallest absolute Gasteiger partial charge is 0.460 e. The van der Waals surface area contributed by atoms with Gasteiger partial charge in [0, 0.05) is 6.42 Å². The van der Waals surface area contributed by atoms with Crippen LogP contribution in [0.3, 0.4) is 0 Å². The number of methoxy groups -OCH3 is 1. The lowest BCUT2D eigenvalue weighted by atomic mass is 9.52. The molecule has 0 spiro atoms. The third kappa shape index (κ3) is 8.01. The van der Waals surface area contributed by atoms with E-state index >= 15 is 0 Å². The first-order valence-corrected chi connectivity index (χ1v) is 17.6. The second-order valence-corrected chi connectivity index (χ2v) is 14.9. The lowest BCUT2D eigenvalue weighted by molar-refractivity contribution is -0.396. The average molecular weight is 717 g/mol. The SMILES string of the molecule is COc1ccc2c(c1)C[C@@H](CCCCCCCCC[C@H](CCC(F)(F)C(F)(F)C(F)(F)C(F)(F)F)C(=O)O)[C@@H]1[C@@H]2CC[C@]2(C)[C@@H](O)CC[C@@H]12. The van der Waals surface area contributed by atoms with Gasteiger partial charge in [-0.05, 0) is 104 Å². The van der Waals surface area contributed by atoms with Crippen LogP contribution in [0.15, 0.2) is 18.2 Å². The summed E-state index contributed by atoms with van der Waals surface area (Å²) in [4.78, 5) is 11.5. The van der Waals surface area contributed by atoms with E-state index in [4.69, 9.17) is 4.74 Å². The molecule has 0 aromatic heterocycles. The van der Waals surface area contributed by atoms with Gasteiger partial charge in [0.05, 0.1) is 19.1 Å². The fourth-order valence-electron chi connectivity index (χ4n) is 9.14.